The van der Waals surface area contributed by atoms with Gasteiger partial charge in [-0.15, -0.1) is 0 Å². The summed E-state index contributed by atoms with van der Waals surface area (Å²) in [6, 6.07) is 3.85. The van der Waals surface area contributed by atoms with Crippen molar-refractivity contribution in [3.8, 4) is 0 Å². The van der Waals surface area contributed by atoms with E-state index in [0.29, 0.717) is 15.6 Å². The van der Waals surface area contributed by atoms with Crippen molar-refractivity contribution in [2.45, 2.75) is 6.18 Å². The van der Waals surface area contributed by atoms with Crippen molar-refractivity contribution in [2.24, 2.45) is 5.84 Å². The van der Waals surface area contributed by atoms with Crippen LogP contribution in [0.4, 0.5) is 23.2 Å². The van der Waals surface area contributed by atoms with Crippen LogP contribution >= 0.6 is 15.9 Å². The highest BCUT2D eigenvalue weighted by atomic mass is 79.9. The highest BCUT2D eigenvalue weighted by Gasteiger charge is 2.41. The molecule has 0 bridgehead atoms. The number of carbonyl (C=O) groups excluding carboxylic acids is 1. The molecule has 2 rings (SSSR count). The van der Waals surface area contributed by atoms with Crippen molar-refractivity contribution >= 4 is 27.5 Å². The van der Waals surface area contributed by atoms with E-state index in [0.717, 1.165) is 11.0 Å². The Labute approximate surface area is 119 Å². The quantitative estimate of drug-likeness (QED) is 0.623. The molecule has 1 aromatic rings. The molecule has 0 spiro atoms. The fourth-order valence-electron chi connectivity index (χ4n) is 1.72. The van der Waals surface area contributed by atoms with Gasteiger partial charge in [0.1, 0.15) is 18.2 Å². The van der Waals surface area contributed by atoms with Crippen LogP contribution in [-0.4, -0.2) is 23.8 Å². The zero-order chi connectivity index (χ0) is 15.1. The number of amides is 1. The summed E-state index contributed by atoms with van der Waals surface area (Å²) in [7, 11) is 0. The van der Waals surface area contributed by atoms with Crippen LogP contribution < -0.4 is 10.7 Å². The molecule has 0 aliphatic carbocycles. The van der Waals surface area contributed by atoms with Crippen LogP contribution in [0.1, 0.15) is 0 Å². The minimum atomic E-state index is -4.74. The zero-order valence-corrected chi connectivity index (χ0v) is 11.4. The predicted molar refractivity (Wildman–Crippen MR) is 66.6 cm³/mol. The molecule has 1 amide bonds. The Balaban J connectivity index is 2.38. The Kier molecular flexibility index (Phi) is 3.74. The van der Waals surface area contributed by atoms with Gasteiger partial charge in [-0.05, 0) is 18.2 Å². The molecule has 1 aliphatic heterocycles. The molecule has 108 valence electrons. The minimum Gasteiger partial charge on any atom is -0.286 e. The molecular formula is C11H8BrF4N3O. The second-order valence-corrected chi connectivity index (χ2v) is 4.92. The van der Waals surface area contributed by atoms with Gasteiger partial charge in [-0.3, -0.25) is 14.7 Å². The van der Waals surface area contributed by atoms with Gasteiger partial charge in [-0.2, -0.15) is 13.2 Å². The molecule has 0 saturated carbocycles. The molecular weight excluding hydrogens is 346 g/mol. The second-order valence-electron chi connectivity index (χ2n) is 4.00. The number of benzene rings is 1. The van der Waals surface area contributed by atoms with E-state index in [2.05, 4.69) is 15.9 Å². The molecule has 0 radical (unpaired) electrons. The number of halogens is 5. The SMILES string of the molecule is NN1CN(c2ccc(Br)cc2F)C(=O)C=C1C(F)(F)F. The van der Waals surface area contributed by atoms with E-state index in [1.54, 1.807) is 0 Å². The van der Waals surface area contributed by atoms with Gasteiger partial charge in [-0.1, -0.05) is 15.9 Å². The number of allylic oxidation sites excluding steroid dienone is 1. The van der Waals surface area contributed by atoms with Crippen LogP contribution in [-0.2, 0) is 4.79 Å². The lowest BCUT2D eigenvalue weighted by Crippen LogP contribution is -2.51. The number of carbonyl (C=O) groups is 1. The van der Waals surface area contributed by atoms with Crippen molar-refractivity contribution in [3.05, 3.63) is 40.3 Å². The van der Waals surface area contributed by atoms with Gasteiger partial charge in [-0.25, -0.2) is 10.2 Å². The van der Waals surface area contributed by atoms with E-state index in [1.807, 2.05) is 0 Å². The number of alkyl halides is 3. The van der Waals surface area contributed by atoms with Crippen LogP contribution in [0.3, 0.4) is 0 Å². The first kappa shape index (κ1) is 14.8. The third kappa shape index (κ3) is 2.78. The van der Waals surface area contributed by atoms with Crippen LogP contribution in [0.15, 0.2) is 34.4 Å². The van der Waals surface area contributed by atoms with Crippen molar-refractivity contribution in [1.29, 1.82) is 0 Å². The molecule has 0 unspecified atom stereocenters. The predicted octanol–water partition coefficient (Wildman–Crippen LogP) is 2.51. The van der Waals surface area contributed by atoms with E-state index < -0.39 is 30.3 Å². The van der Waals surface area contributed by atoms with E-state index in [-0.39, 0.29) is 5.69 Å². The zero-order valence-electron chi connectivity index (χ0n) is 9.79. The monoisotopic (exact) mass is 353 g/mol. The van der Waals surface area contributed by atoms with E-state index in [9.17, 15) is 22.4 Å². The van der Waals surface area contributed by atoms with Gasteiger partial charge in [0.25, 0.3) is 5.91 Å². The topological polar surface area (TPSA) is 49.6 Å². The maximum absolute atomic E-state index is 13.7. The first-order valence-corrected chi connectivity index (χ1v) is 6.07. The maximum atomic E-state index is 13.7. The molecule has 0 fully saturated rings. The number of hydrogen-bond donors (Lipinski definition) is 1. The fourth-order valence-corrected chi connectivity index (χ4v) is 2.05. The molecule has 0 saturated heterocycles. The number of hydrogen-bond acceptors (Lipinski definition) is 3. The van der Waals surface area contributed by atoms with Crippen molar-refractivity contribution in [3.63, 3.8) is 0 Å². The molecule has 0 atom stereocenters. The summed E-state index contributed by atoms with van der Waals surface area (Å²) in [6.07, 6.45) is -4.40. The van der Waals surface area contributed by atoms with Gasteiger partial charge in [0.05, 0.1) is 5.69 Å². The molecule has 1 aromatic carbocycles. The highest BCUT2D eigenvalue weighted by molar-refractivity contribution is 9.10. The van der Waals surface area contributed by atoms with Crippen molar-refractivity contribution < 1.29 is 22.4 Å². The summed E-state index contributed by atoms with van der Waals surface area (Å²) >= 11 is 3.04. The highest BCUT2D eigenvalue weighted by Crippen LogP contribution is 2.31. The smallest absolute Gasteiger partial charge is 0.286 e. The van der Waals surface area contributed by atoms with Gasteiger partial charge in [0.15, 0.2) is 0 Å². The van der Waals surface area contributed by atoms with Crippen LogP contribution in [0.5, 0.6) is 0 Å². The van der Waals surface area contributed by atoms with Gasteiger partial charge >= 0.3 is 6.18 Å². The standard InChI is InChI=1S/C11H8BrF4N3O/c12-6-1-2-8(7(13)3-6)18-5-19(17)9(4-10(18)20)11(14,15)16/h1-4H,5,17H2. The second kappa shape index (κ2) is 5.06. The Morgan fingerprint density at radius 2 is 1.95 bits per heavy atom. The fraction of sp³-hybridized carbons (Fsp3) is 0.182. The van der Waals surface area contributed by atoms with Crippen molar-refractivity contribution in [2.75, 3.05) is 11.6 Å². The number of hydrazine groups is 1. The maximum Gasteiger partial charge on any atom is 0.432 e. The van der Waals surface area contributed by atoms with Gasteiger partial charge < -0.3 is 0 Å². The lowest BCUT2D eigenvalue weighted by atomic mass is 10.2. The van der Waals surface area contributed by atoms with E-state index in [1.165, 1.54) is 12.1 Å². The van der Waals surface area contributed by atoms with Crippen LogP contribution in [0.2, 0.25) is 0 Å². The molecule has 1 aliphatic rings. The van der Waals surface area contributed by atoms with E-state index in [4.69, 9.17) is 5.84 Å². The van der Waals surface area contributed by atoms with Gasteiger partial charge in [0.2, 0.25) is 0 Å². The average molecular weight is 354 g/mol. The Morgan fingerprint density at radius 3 is 2.50 bits per heavy atom. The molecule has 0 aromatic heterocycles. The Bertz CT molecular complexity index is 588. The molecule has 9 heteroatoms. The average Bonchev–Trinajstić information content (AvgIpc) is 2.31. The molecule has 1 heterocycles. The summed E-state index contributed by atoms with van der Waals surface area (Å²) in [6.45, 7) is -0.595. The normalized spacial score (nSPS) is 16.5. The van der Waals surface area contributed by atoms with Gasteiger partial charge in [0, 0.05) is 10.5 Å². The number of anilines is 1. The molecule has 20 heavy (non-hydrogen) atoms. The summed E-state index contributed by atoms with van der Waals surface area (Å²) < 4.78 is 51.9. The lowest BCUT2D eigenvalue weighted by molar-refractivity contribution is -0.125. The minimum absolute atomic E-state index is 0.147. The third-order valence-electron chi connectivity index (χ3n) is 2.62. The lowest BCUT2D eigenvalue weighted by Gasteiger charge is -2.34. The molecule has 2 N–H and O–H groups in total. The number of rotatable bonds is 1. The first-order valence-electron chi connectivity index (χ1n) is 5.28. The van der Waals surface area contributed by atoms with Crippen LogP contribution in [0.25, 0.3) is 0 Å². The Morgan fingerprint density at radius 1 is 1.30 bits per heavy atom. The summed E-state index contributed by atoms with van der Waals surface area (Å²) in [5.74, 6) is 3.52. The van der Waals surface area contributed by atoms with Crippen LogP contribution in [0, 0.1) is 5.82 Å². The summed E-state index contributed by atoms with van der Waals surface area (Å²) in [5.41, 5.74) is -1.41. The summed E-state index contributed by atoms with van der Waals surface area (Å²) in [5, 5.41) is 0.350. The van der Waals surface area contributed by atoms with Crippen molar-refractivity contribution in [1.82, 2.24) is 5.01 Å². The Hall–Kier alpha value is -1.61. The summed E-state index contributed by atoms with van der Waals surface area (Å²) in [4.78, 5) is 12.5. The van der Waals surface area contributed by atoms with E-state index >= 15 is 0 Å². The third-order valence-corrected chi connectivity index (χ3v) is 3.11. The largest absolute Gasteiger partial charge is 0.432 e. The first-order chi connectivity index (χ1) is 9.20. The number of nitrogens with zero attached hydrogens (tertiary/aromatic N) is 2. The molecule has 4 nitrogen and oxygen atoms in total. The number of nitrogens with two attached hydrogens (primary N) is 1.